The van der Waals surface area contributed by atoms with E-state index in [-0.39, 0.29) is 12.6 Å². The second-order valence-corrected chi connectivity index (χ2v) is 7.63. The number of para-hydroxylation sites is 1. The summed E-state index contributed by atoms with van der Waals surface area (Å²) < 4.78 is 5.49. The number of carbonyl (C=O) groups is 1. The Balaban J connectivity index is 1.38. The van der Waals surface area contributed by atoms with Crippen LogP contribution in [0.1, 0.15) is 21.6 Å². The molecule has 0 saturated heterocycles. The zero-order valence-electron chi connectivity index (χ0n) is 14.4. The molecule has 4 nitrogen and oxygen atoms in total. The Morgan fingerprint density at radius 3 is 2.70 bits per heavy atom. The van der Waals surface area contributed by atoms with E-state index in [9.17, 15) is 4.79 Å². The molecule has 0 fully saturated rings. The number of ether oxygens (including phenoxy) is 1. The molecule has 2 aromatic carbocycles. The average Bonchev–Trinajstić information content (AvgIpc) is 3.24. The van der Waals surface area contributed by atoms with Crippen molar-refractivity contribution in [3.8, 4) is 0 Å². The second-order valence-electron chi connectivity index (χ2n) is 5.86. The van der Waals surface area contributed by atoms with Crippen LogP contribution in [0.5, 0.6) is 0 Å². The molecule has 2 heterocycles. The third-order valence-electron chi connectivity index (χ3n) is 4.04. The lowest BCUT2D eigenvalue weighted by Crippen LogP contribution is -2.05. The summed E-state index contributed by atoms with van der Waals surface area (Å²) in [4.78, 5) is 22.1. The van der Waals surface area contributed by atoms with Gasteiger partial charge in [-0.2, -0.15) is 0 Å². The fraction of sp³-hybridized carbons (Fsp3) is 0.0952. The van der Waals surface area contributed by atoms with Gasteiger partial charge in [-0.3, -0.25) is 4.98 Å². The van der Waals surface area contributed by atoms with Crippen LogP contribution >= 0.6 is 23.1 Å². The van der Waals surface area contributed by atoms with Gasteiger partial charge in [0.25, 0.3) is 0 Å². The van der Waals surface area contributed by atoms with E-state index >= 15 is 0 Å². The van der Waals surface area contributed by atoms with Crippen molar-refractivity contribution in [3.63, 3.8) is 0 Å². The van der Waals surface area contributed by atoms with Crippen molar-refractivity contribution in [2.45, 2.75) is 17.3 Å². The van der Waals surface area contributed by atoms with Gasteiger partial charge in [0.2, 0.25) is 0 Å². The van der Waals surface area contributed by atoms with E-state index in [1.165, 1.54) is 0 Å². The smallest absolute Gasteiger partial charge is 0.338 e. The summed E-state index contributed by atoms with van der Waals surface area (Å²) >= 11 is 3.29. The zero-order valence-corrected chi connectivity index (χ0v) is 16.0. The van der Waals surface area contributed by atoms with E-state index in [1.807, 2.05) is 53.4 Å². The van der Waals surface area contributed by atoms with E-state index in [2.05, 4.69) is 9.97 Å². The monoisotopic (exact) mass is 392 g/mol. The molecule has 2 aromatic heterocycles. The lowest BCUT2D eigenvalue weighted by Gasteiger charge is -2.08. The minimum absolute atomic E-state index is 0.202. The van der Waals surface area contributed by atoms with Crippen molar-refractivity contribution >= 4 is 40.0 Å². The summed E-state index contributed by atoms with van der Waals surface area (Å²) in [5.41, 5.74) is 5.21. The Labute approximate surface area is 165 Å². The molecule has 0 saturated carbocycles. The van der Waals surface area contributed by atoms with Crippen molar-refractivity contribution in [2.24, 2.45) is 0 Å². The lowest BCUT2D eigenvalue weighted by atomic mass is 10.1. The van der Waals surface area contributed by atoms with E-state index < -0.39 is 0 Å². The van der Waals surface area contributed by atoms with Crippen LogP contribution in [0.15, 0.2) is 76.6 Å². The number of nitrogens with zero attached hydrogens (tertiary/aromatic N) is 2. The fourth-order valence-corrected chi connectivity index (χ4v) is 4.13. The topological polar surface area (TPSA) is 52.1 Å². The maximum atomic E-state index is 12.4. The van der Waals surface area contributed by atoms with Crippen LogP contribution in [-0.4, -0.2) is 15.9 Å². The molecule has 6 heteroatoms. The molecule has 4 rings (SSSR count). The molecule has 0 N–H and O–H groups in total. The first-order valence-electron chi connectivity index (χ1n) is 8.39. The Morgan fingerprint density at radius 2 is 1.89 bits per heavy atom. The third-order valence-corrected chi connectivity index (χ3v) is 5.72. The number of thioether (sulfide) groups is 1. The highest BCUT2D eigenvalue weighted by Crippen LogP contribution is 2.23. The Kier molecular flexibility index (Phi) is 5.46. The standard InChI is InChI=1S/C21H16N2O2S2/c24-21(25-11-17-4-1-3-15-5-2-10-22-20(15)17)16-6-8-19(9-7-16)27-13-18-12-26-14-23-18/h1-10,12,14H,11,13H2. The number of esters is 1. The minimum Gasteiger partial charge on any atom is -0.457 e. The molecular weight excluding hydrogens is 376 g/mol. The van der Waals surface area contributed by atoms with Crippen molar-refractivity contribution in [3.05, 3.63) is 88.5 Å². The molecule has 0 atom stereocenters. The normalized spacial score (nSPS) is 10.8. The Bertz CT molecular complexity index is 1040. The maximum absolute atomic E-state index is 12.4. The van der Waals surface area contributed by atoms with Crippen LogP contribution in [0.25, 0.3) is 10.9 Å². The minimum atomic E-state index is -0.334. The van der Waals surface area contributed by atoms with Gasteiger partial charge in [0, 0.05) is 33.2 Å². The second kappa shape index (κ2) is 8.33. The molecule has 4 aromatic rings. The van der Waals surface area contributed by atoms with Crippen LogP contribution in [0.3, 0.4) is 0 Å². The summed E-state index contributed by atoms with van der Waals surface area (Å²) in [7, 11) is 0. The number of thiazole rings is 1. The molecule has 0 aliphatic carbocycles. The molecule has 0 bridgehead atoms. The van der Waals surface area contributed by atoms with E-state index in [0.29, 0.717) is 5.56 Å². The van der Waals surface area contributed by atoms with E-state index in [4.69, 9.17) is 4.74 Å². The van der Waals surface area contributed by atoms with E-state index in [0.717, 1.165) is 32.8 Å². The third kappa shape index (κ3) is 4.35. The Morgan fingerprint density at radius 1 is 1.04 bits per heavy atom. The first-order chi connectivity index (χ1) is 13.3. The highest BCUT2D eigenvalue weighted by molar-refractivity contribution is 7.98. The number of hydrogen-bond acceptors (Lipinski definition) is 6. The number of fused-ring (bicyclic) bond motifs is 1. The highest BCUT2D eigenvalue weighted by Gasteiger charge is 2.09. The summed E-state index contributed by atoms with van der Waals surface area (Å²) in [6.45, 7) is 0.202. The van der Waals surface area contributed by atoms with Crippen molar-refractivity contribution < 1.29 is 9.53 Å². The molecule has 27 heavy (non-hydrogen) atoms. The van der Waals surface area contributed by atoms with Crippen LogP contribution in [0.4, 0.5) is 0 Å². The van der Waals surface area contributed by atoms with Gasteiger partial charge in [0.1, 0.15) is 6.61 Å². The van der Waals surface area contributed by atoms with Gasteiger partial charge in [0.15, 0.2) is 0 Å². The summed E-state index contributed by atoms with van der Waals surface area (Å²) in [6.07, 6.45) is 1.75. The van der Waals surface area contributed by atoms with Crippen LogP contribution in [0.2, 0.25) is 0 Å². The number of rotatable bonds is 6. The molecule has 134 valence electrons. The van der Waals surface area contributed by atoms with Crippen molar-refractivity contribution in [2.75, 3.05) is 0 Å². The molecule has 0 aliphatic heterocycles. The number of pyridine rings is 1. The quantitative estimate of drug-likeness (QED) is 0.327. The summed E-state index contributed by atoms with van der Waals surface area (Å²) in [6, 6.07) is 17.2. The van der Waals surface area contributed by atoms with Gasteiger partial charge in [-0.05, 0) is 30.3 Å². The average molecular weight is 393 g/mol. The van der Waals surface area contributed by atoms with Crippen molar-refractivity contribution in [1.29, 1.82) is 0 Å². The summed E-state index contributed by atoms with van der Waals surface area (Å²) in [5, 5.41) is 3.08. The van der Waals surface area contributed by atoms with Gasteiger partial charge < -0.3 is 4.74 Å². The molecular formula is C21H16N2O2S2. The Hall–Kier alpha value is -2.70. The highest BCUT2D eigenvalue weighted by atomic mass is 32.2. The first kappa shape index (κ1) is 17.7. The van der Waals surface area contributed by atoms with Crippen LogP contribution in [-0.2, 0) is 17.1 Å². The number of hydrogen-bond donors (Lipinski definition) is 0. The lowest BCUT2D eigenvalue weighted by molar-refractivity contribution is 0.0474. The molecule has 0 amide bonds. The summed E-state index contributed by atoms with van der Waals surface area (Å²) in [5.74, 6) is 0.487. The van der Waals surface area contributed by atoms with Gasteiger partial charge in [-0.25, -0.2) is 9.78 Å². The SMILES string of the molecule is O=C(OCc1cccc2cccnc12)c1ccc(SCc2cscn2)cc1. The predicted octanol–water partition coefficient (Wildman–Crippen LogP) is 5.34. The molecule has 0 unspecified atom stereocenters. The number of benzene rings is 2. The van der Waals surface area contributed by atoms with Crippen molar-refractivity contribution in [1.82, 2.24) is 9.97 Å². The van der Waals surface area contributed by atoms with Gasteiger partial charge >= 0.3 is 5.97 Å². The molecule has 0 aliphatic rings. The first-order valence-corrected chi connectivity index (χ1v) is 10.3. The fourth-order valence-electron chi connectivity index (χ4n) is 2.66. The van der Waals surface area contributed by atoms with Gasteiger partial charge in [0.05, 0.1) is 22.3 Å². The maximum Gasteiger partial charge on any atom is 0.338 e. The number of aromatic nitrogens is 2. The largest absolute Gasteiger partial charge is 0.457 e. The van der Waals surface area contributed by atoms with Crippen LogP contribution < -0.4 is 0 Å². The zero-order chi connectivity index (χ0) is 18.5. The number of carbonyl (C=O) groups excluding carboxylic acids is 1. The van der Waals surface area contributed by atoms with Gasteiger partial charge in [-0.1, -0.05) is 24.3 Å². The predicted molar refractivity (Wildman–Crippen MR) is 109 cm³/mol. The molecule has 0 spiro atoms. The molecule has 0 radical (unpaired) electrons. The van der Waals surface area contributed by atoms with Gasteiger partial charge in [-0.15, -0.1) is 23.1 Å². The van der Waals surface area contributed by atoms with Crippen LogP contribution in [0, 0.1) is 0 Å². The van der Waals surface area contributed by atoms with E-state index in [1.54, 1.807) is 41.4 Å².